The first kappa shape index (κ1) is 17.1. The van der Waals surface area contributed by atoms with Crippen molar-refractivity contribution < 1.29 is 19.1 Å². The zero-order valence-electron chi connectivity index (χ0n) is 13.7. The Bertz CT molecular complexity index is 576. The average Bonchev–Trinajstić information content (AvgIpc) is 3.00. The van der Waals surface area contributed by atoms with E-state index >= 15 is 0 Å². The van der Waals surface area contributed by atoms with Gasteiger partial charge < -0.3 is 9.47 Å². The summed E-state index contributed by atoms with van der Waals surface area (Å²) in [4.78, 5) is 24.9. The summed E-state index contributed by atoms with van der Waals surface area (Å²) in [6.45, 7) is 2.38. The maximum Gasteiger partial charge on any atom is 0.252 e. The number of hydrogen-bond donors (Lipinski definition) is 2. The molecule has 0 aliphatic carbocycles. The van der Waals surface area contributed by atoms with Gasteiger partial charge in [0.1, 0.15) is 11.5 Å². The lowest BCUT2D eigenvalue weighted by Gasteiger charge is -2.26. The summed E-state index contributed by atoms with van der Waals surface area (Å²) in [6, 6.07) is 5.77. The van der Waals surface area contributed by atoms with Crippen LogP contribution in [0.25, 0.3) is 0 Å². The molecule has 1 heterocycles. The molecule has 23 heavy (non-hydrogen) atoms. The lowest BCUT2D eigenvalue weighted by atomic mass is 10.0. The van der Waals surface area contributed by atoms with Crippen molar-refractivity contribution in [3.8, 4) is 11.5 Å². The molecule has 126 valence electrons. The van der Waals surface area contributed by atoms with Crippen molar-refractivity contribution in [2.24, 2.45) is 0 Å². The minimum absolute atomic E-state index is 0.0862. The second-order valence-electron chi connectivity index (χ2n) is 5.47. The summed E-state index contributed by atoms with van der Waals surface area (Å²) < 4.78 is 10.7. The first-order valence-corrected chi connectivity index (χ1v) is 7.56. The molecule has 1 aliphatic heterocycles. The number of carbonyl (C=O) groups is 2. The number of rotatable bonds is 5. The number of amides is 2. The van der Waals surface area contributed by atoms with Crippen LogP contribution >= 0.6 is 0 Å². The van der Waals surface area contributed by atoms with Gasteiger partial charge in [-0.25, -0.2) is 0 Å². The van der Waals surface area contributed by atoms with E-state index in [4.69, 9.17) is 9.47 Å². The minimum Gasteiger partial charge on any atom is -0.497 e. The van der Waals surface area contributed by atoms with Crippen LogP contribution < -0.4 is 20.3 Å². The third-order valence-electron chi connectivity index (χ3n) is 3.88. The highest BCUT2D eigenvalue weighted by molar-refractivity contribution is 5.82. The Kier molecular flexibility index (Phi) is 5.81. The highest BCUT2D eigenvalue weighted by Gasteiger charge is 2.30. The molecule has 2 amide bonds. The molecule has 1 saturated heterocycles. The van der Waals surface area contributed by atoms with E-state index in [1.54, 1.807) is 14.2 Å². The van der Waals surface area contributed by atoms with Gasteiger partial charge in [0, 0.05) is 18.5 Å². The van der Waals surface area contributed by atoms with Gasteiger partial charge in [0.05, 0.1) is 20.8 Å². The number of nitrogens with one attached hydrogen (secondary N) is 2. The lowest BCUT2D eigenvalue weighted by molar-refractivity contribution is -0.128. The summed E-state index contributed by atoms with van der Waals surface area (Å²) >= 11 is 0. The van der Waals surface area contributed by atoms with Crippen molar-refractivity contribution in [3.05, 3.63) is 23.8 Å². The fourth-order valence-corrected chi connectivity index (χ4v) is 2.85. The van der Waals surface area contributed by atoms with Crippen LogP contribution in [-0.4, -0.2) is 44.0 Å². The van der Waals surface area contributed by atoms with Gasteiger partial charge in [0.2, 0.25) is 5.91 Å². The summed E-state index contributed by atoms with van der Waals surface area (Å²) in [5, 5.41) is 0. The summed E-state index contributed by atoms with van der Waals surface area (Å²) in [5.41, 5.74) is 5.71. The molecule has 2 rings (SSSR count). The number of hydrazine groups is 1. The number of carbonyl (C=O) groups excluding carboxylic acids is 2. The van der Waals surface area contributed by atoms with Crippen molar-refractivity contribution in [2.45, 2.75) is 25.8 Å². The predicted molar refractivity (Wildman–Crippen MR) is 85.1 cm³/mol. The second kappa shape index (κ2) is 7.82. The summed E-state index contributed by atoms with van der Waals surface area (Å²) in [7, 11) is 3.26. The Morgan fingerprint density at radius 1 is 1.26 bits per heavy atom. The predicted octanol–water partition coefficient (Wildman–Crippen LogP) is 1.01. The Morgan fingerprint density at radius 3 is 2.70 bits per heavy atom. The third-order valence-corrected chi connectivity index (χ3v) is 3.88. The molecule has 0 aromatic heterocycles. The number of nitrogens with zero attached hydrogens (tertiary/aromatic N) is 1. The van der Waals surface area contributed by atoms with Gasteiger partial charge in [-0.15, -0.1) is 0 Å². The van der Waals surface area contributed by atoms with Crippen molar-refractivity contribution in [1.82, 2.24) is 15.8 Å². The van der Waals surface area contributed by atoms with Gasteiger partial charge in [0.25, 0.3) is 5.91 Å². The number of methoxy groups -OCH3 is 2. The number of ether oxygens (including phenoxy) is 2. The molecular formula is C16H23N3O4. The molecule has 0 unspecified atom stereocenters. The monoisotopic (exact) mass is 321 g/mol. The molecule has 0 radical (unpaired) electrons. The summed E-state index contributed by atoms with van der Waals surface area (Å²) in [6.07, 6.45) is 1.94. The van der Waals surface area contributed by atoms with E-state index in [0.717, 1.165) is 36.4 Å². The number of likely N-dealkylation sites (tertiary alicyclic amines) is 1. The van der Waals surface area contributed by atoms with E-state index < -0.39 is 0 Å². The van der Waals surface area contributed by atoms with Crippen LogP contribution in [0.1, 0.15) is 31.4 Å². The van der Waals surface area contributed by atoms with Crippen LogP contribution in [0.15, 0.2) is 18.2 Å². The van der Waals surface area contributed by atoms with Gasteiger partial charge in [-0.1, -0.05) is 0 Å². The molecule has 1 aromatic rings. The summed E-state index contributed by atoms with van der Waals surface area (Å²) in [5.74, 6) is 1.00. The fraction of sp³-hybridized carbons (Fsp3) is 0.500. The van der Waals surface area contributed by atoms with Crippen LogP contribution in [-0.2, 0) is 9.59 Å². The maximum atomic E-state index is 11.9. The normalized spacial score (nSPS) is 17.6. The van der Waals surface area contributed by atoms with Crippen LogP contribution in [0.3, 0.4) is 0 Å². The molecule has 0 saturated carbocycles. The van der Waals surface area contributed by atoms with E-state index in [1.165, 1.54) is 6.92 Å². The van der Waals surface area contributed by atoms with Crippen molar-refractivity contribution >= 4 is 11.8 Å². The quantitative estimate of drug-likeness (QED) is 0.791. The standard InChI is InChI=1S/C16H23N3O4/c1-11(20)17-18-16(21)10-19-8-4-5-14(19)13-9-12(22-2)6-7-15(13)23-3/h6-7,9,14H,4-5,8,10H2,1-3H3,(H,17,20)(H,18,21)/t14-/m1/s1. The van der Waals surface area contributed by atoms with Gasteiger partial charge in [-0.3, -0.25) is 25.3 Å². The van der Waals surface area contributed by atoms with Gasteiger partial charge in [0.15, 0.2) is 0 Å². The van der Waals surface area contributed by atoms with E-state index in [1.807, 2.05) is 18.2 Å². The van der Waals surface area contributed by atoms with Gasteiger partial charge in [-0.2, -0.15) is 0 Å². The Hall–Kier alpha value is -2.28. The first-order valence-electron chi connectivity index (χ1n) is 7.56. The fourth-order valence-electron chi connectivity index (χ4n) is 2.85. The van der Waals surface area contributed by atoms with Gasteiger partial charge in [-0.05, 0) is 37.6 Å². The molecule has 7 nitrogen and oxygen atoms in total. The molecular weight excluding hydrogens is 298 g/mol. The largest absolute Gasteiger partial charge is 0.497 e. The SMILES string of the molecule is COc1ccc(OC)c([C@H]2CCCN2CC(=O)NNC(C)=O)c1. The maximum absolute atomic E-state index is 11.9. The third kappa shape index (κ3) is 4.35. The molecule has 0 spiro atoms. The van der Waals surface area contributed by atoms with Crippen molar-refractivity contribution in [3.63, 3.8) is 0 Å². The average molecular weight is 321 g/mol. The van der Waals surface area contributed by atoms with Crippen LogP contribution in [0.2, 0.25) is 0 Å². The highest BCUT2D eigenvalue weighted by Crippen LogP contribution is 2.38. The van der Waals surface area contributed by atoms with Crippen LogP contribution in [0, 0.1) is 0 Å². The topological polar surface area (TPSA) is 79.9 Å². The Morgan fingerprint density at radius 2 is 2.04 bits per heavy atom. The number of benzene rings is 1. The second-order valence-corrected chi connectivity index (χ2v) is 5.47. The van der Waals surface area contributed by atoms with Gasteiger partial charge >= 0.3 is 0 Å². The number of hydrogen-bond acceptors (Lipinski definition) is 5. The van der Waals surface area contributed by atoms with E-state index in [0.29, 0.717) is 0 Å². The molecule has 1 fully saturated rings. The molecule has 1 aromatic carbocycles. The molecule has 1 aliphatic rings. The zero-order chi connectivity index (χ0) is 16.8. The highest BCUT2D eigenvalue weighted by atomic mass is 16.5. The Balaban J connectivity index is 2.12. The molecule has 2 N–H and O–H groups in total. The smallest absolute Gasteiger partial charge is 0.252 e. The molecule has 0 bridgehead atoms. The molecule has 7 heteroatoms. The van der Waals surface area contributed by atoms with E-state index in [-0.39, 0.29) is 24.4 Å². The zero-order valence-corrected chi connectivity index (χ0v) is 13.7. The van der Waals surface area contributed by atoms with Crippen LogP contribution in [0.5, 0.6) is 11.5 Å². The van der Waals surface area contributed by atoms with Crippen molar-refractivity contribution in [1.29, 1.82) is 0 Å². The van der Waals surface area contributed by atoms with Crippen LogP contribution in [0.4, 0.5) is 0 Å². The minimum atomic E-state index is -0.300. The lowest BCUT2D eigenvalue weighted by Crippen LogP contribution is -2.45. The first-order chi connectivity index (χ1) is 11.0. The molecule has 1 atom stereocenters. The van der Waals surface area contributed by atoms with Crippen molar-refractivity contribution in [2.75, 3.05) is 27.3 Å². The van der Waals surface area contributed by atoms with E-state index in [2.05, 4.69) is 15.8 Å². The van der Waals surface area contributed by atoms with E-state index in [9.17, 15) is 9.59 Å². The Labute approximate surface area is 135 Å².